The van der Waals surface area contributed by atoms with Crippen LogP contribution in [0.1, 0.15) is 80.5 Å². The molecule has 4 nitrogen and oxygen atoms in total. The van der Waals surface area contributed by atoms with Gasteiger partial charge in [-0.2, -0.15) is 0 Å². The molecule has 16 rings (SSSR count). The van der Waals surface area contributed by atoms with Gasteiger partial charge < -0.3 is 18.2 Å². The third kappa shape index (κ3) is 5.37. The number of fused-ring (bicyclic) bond motifs is 20. The highest BCUT2D eigenvalue weighted by molar-refractivity contribution is 6.19. The van der Waals surface area contributed by atoms with Crippen LogP contribution in [0.15, 0.2) is 195 Å². The first-order valence-electron chi connectivity index (χ1n) is 26.1. The van der Waals surface area contributed by atoms with Gasteiger partial charge in [0, 0.05) is 77.3 Å². The maximum Gasteiger partial charge on any atom is 0.143 e. The first-order valence-corrected chi connectivity index (χ1v) is 26.1. The lowest BCUT2D eigenvalue weighted by Crippen LogP contribution is -2.18. The molecule has 3 aliphatic carbocycles. The van der Waals surface area contributed by atoms with Gasteiger partial charge in [-0.1, -0.05) is 144 Å². The number of aryl methyl sites for hydroxylation is 1. The van der Waals surface area contributed by atoms with Crippen molar-refractivity contribution in [1.29, 1.82) is 0 Å². The Kier molecular flexibility index (Phi) is 8.01. The molecule has 4 heteroatoms. The molecule has 0 aliphatic heterocycles. The molecule has 0 saturated heterocycles. The molecule has 74 heavy (non-hydrogen) atoms. The highest BCUT2D eigenvalue weighted by Gasteiger charge is 2.44. The van der Waals surface area contributed by atoms with Crippen LogP contribution in [-0.2, 0) is 16.2 Å². The van der Waals surface area contributed by atoms with E-state index >= 15 is 0 Å². The van der Waals surface area contributed by atoms with Crippen molar-refractivity contribution in [3.8, 4) is 44.5 Å². The van der Waals surface area contributed by atoms with Gasteiger partial charge in [0.2, 0.25) is 0 Å². The molecule has 0 N–H and O–H groups in total. The van der Waals surface area contributed by atoms with E-state index < -0.39 is 0 Å². The minimum atomic E-state index is -0.330. The fraction of sp³-hybridized carbons (Fsp3) is 0.143. The van der Waals surface area contributed by atoms with Crippen molar-refractivity contribution in [1.82, 2.24) is 0 Å². The molecule has 354 valence electrons. The number of furan rings is 3. The van der Waals surface area contributed by atoms with Crippen molar-refractivity contribution in [2.24, 2.45) is 0 Å². The zero-order valence-corrected chi connectivity index (χ0v) is 42.5. The summed E-state index contributed by atoms with van der Waals surface area (Å²) in [6, 6.07) is 67.2. The van der Waals surface area contributed by atoms with E-state index in [0.29, 0.717) is 0 Å². The SMILES string of the molecule is Cc1ccc(-c2cc3c(c4c2oc2ccccc24)-c2ccc(N(c4ccc5c(c4)C(C)(C)c4cc6c(cc4-5)C(C)(C)c4ccc5oc7ccccc7c5c4-6)c4ccc5c(c4)oc4ccccc45)cc2C3(C)C)cc1. The number of benzene rings is 10. The summed E-state index contributed by atoms with van der Waals surface area (Å²) in [5.74, 6) is 0. The van der Waals surface area contributed by atoms with Gasteiger partial charge >= 0.3 is 0 Å². The molecular weight excluding hydrogens is 903 g/mol. The third-order valence-electron chi connectivity index (χ3n) is 17.7. The summed E-state index contributed by atoms with van der Waals surface area (Å²) in [5, 5.41) is 6.94. The van der Waals surface area contributed by atoms with Gasteiger partial charge in [0.25, 0.3) is 0 Å². The second kappa shape index (κ2) is 14.1. The smallest absolute Gasteiger partial charge is 0.143 e. The van der Waals surface area contributed by atoms with Crippen LogP contribution >= 0.6 is 0 Å². The summed E-state index contributed by atoms with van der Waals surface area (Å²) in [4.78, 5) is 2.45. The van der Waals surface area contributed by atoms with E-state index in [1.165, 1.54) is 88.5 Å². The van der Waals surface area contributed by atoms with Crippen LogP contribution in [0.25, 0.3) is 110 Å². The second-order valence-corrected chi connectivity index (χ2v) is 22.9. The van der Waals surface area contributed by atoms with Crippen molar-refractivity contribution in [3.05, 3.63) is 221 Å². The molecule has 0 spiro atoms. The van der Waals surface area contributed by atoms with E-state index in [1.54, 1.807) is 0 Å². The van der Waals surface area contributed by atoms with Gasteiger partial charge in [-0.05, 0) is 158 Å². The second-order valence-electron chi connectivity index (χ2n) is 22.9. The van der Waals surface area contributed by atoms with Crippen LogP contribution < -0.4 is 4.90 Å². The fourth-order valence-corrected chi connectivity index (χ4v) is 13.9. The van der Waals surface area contributed by atoms with E-state index in [4.69, 9.17) is 13.3 Å². The van der Waals surface area contributed by atoms with Gasteiger partial charge in [0.1, 0.15) is 33.5 Å². The van der Waals surface area contributed by atoms with E-state index in [2.05, 4.69) is 229 Å². The normalized spacial score (nSPS) is 15.3. The Hall–Kier alpha value is -8.60. The van der Waals surface area contributed by atoms with Crippen molar-refractivity contribution in [2.45, 2.75) is 64.7 Å². The number of rotatable bonds is 4. The Morgan fingerprint density at radius 3 is 1.57 bits per heavy atom. The quantitative estimate of drug-likeness (QED) is 0.176. The zero-order valence-electron chi connectivity index (χ0n) is 42.5. The number of nitrogens with zero attached hydrogens (tertiary/aromatic N) is 1. The molecule has 10 aromatic carbocycles. The Morgan fingerprint density at radius 2 is 0.824 bits per heavy atom. The van der Waals surface area contributed by atoms with Crippen LogP contribution in [0.2, 0.25) is 0 Å². The average Bonchev–Trinajstić information content (AvgIpc) is 4.22. The lowest BCUT2D eigenvalue weighted by molar-refractivity contribution is 0.651. The topological polar surface area (TPSA) is 42.7 Å². The summed E-state index contributed by atoms with van der Waals surface area (Å²) in [5.41, 5.74) is 27.2. The van der Waals surface area contributed by atoms with Gasteiger partial charge in [0.05, 0.1) is 0 Å². The minimum Gasteiger partial charge on any atom is -0.456 e. The molecule has 13 aromatic rings. The third-order valence-corrected chi connectivity index (χ3v) is 17.7. The summed E-state index contributed by atoms with van der Waals surface area (Å²) in [7, 11) is 0. The van der Waals surface area contributed by atoms with Gasteiger partial charge in [-0.3, -0.25) is 0 Å². The average molecular weight is 954 g/mol. The predicted octanol–water partition coefficient (Wildman–Crippen LogP) is 19.7. The summed E-state index contributed by atoms with van der Waals surface area (Å²) in [6.07, 6.45) is 0. The highest BCUT2D eigenvalue weighted by Crippen LogP contribution is 2.60. The number of hydrogen-bond donors (Lipinski definition) is 0. The zero-order chi connectivity index (χ0) is 49.7. The molecule has 0 saturated carbocycles. The highest BCUT2D eigenvalue weighted by atomic mass is 16.3. The van der Waals surface area contributed by atoms with Crippen molar-refractivity contribution >= 4 is 82.9 Å². The van der Waals surface area contributed by atoms with Crippen LogP contribution in [-0.4, -0.2) is 0 Å². The van der Waals surface area contributed by atoms with Crippen molar-refractivity contribution < 1.29 is 13.3 Å². The van der Waals surface area contributed by atoms with Gasteiger partial charge in [-0.25, -0.2) is 0 Å². The molecule has 0 bridgehead atoms. The van der Waals surface area contributed by atoms with Gasteiger partial charge in [0.15, 0.2) is 0 Å². The summed E-state index contributed by atoms with van der Waals surface area (Å²) in [6.45, 7) is 16.5. The van der Waals surface area contributed by atoms with Crippen LogP contribution in [0.4, 0.5) is 17.1 Å². The molecule has 0 radical (unpaired) electrons. The lowest BCUT2D eigenvalue weighted by atomic mass is 9.79. The first-order chi connectivity index (χ1) is 35.8. The maximum atomic E-state index is 6.84. The Bertz CT molecular complexity index is 4640. The monoisotopic (exact) mass is 953 g/mol. The van der Waals surface area contributed by atoms with E-state index in [9.17, 15) is 0 Å². The van der Waals surface area contributed by atoms with E-state index in [1.807, 2.05) is 6.07 Å². The molecule has 3 heterocycles. The largest absolute Gasteiger partial charge is 0.456 e. The summed E-state index contributed by atoms with van der Waals surface area (Å²) >= 11 is 0. The number of anilines is 3. The number of hydrogen-bond acceptors (Lipinski definition) is 4. The molecule has 0 unspecified atom stereocenters. The summed E-state index contributed by atoms with van der Waals surface area (Å²) < 4.78 is 19.9. The maximum absolute atomic E-state index is 6.84. The number of para-hydroxylation sites is 3. The molecule has 0 atom stereocenters. The van der Waals surface area contributed by atoms with Gasteiger partial charge in [-0.15, -0.1) is 0 Å². The lowest BCUT2D eigenvalue weighted by Gasteiger charge is -2.29. The Labute approximate surface area is 429 Å². The fourth-order valence-electron chi connectivity index (χ4n) is 13.9. The molecule has 3 aromatic heterocycles. The van der Waals surface area contributed by atoms with Crippen LogP contribution in [0, 0.1) is 6.92 Å². The minimum absolute atomic E-state index is 0.190. The van der Waals surface area contributed by atoms with E-state index in [0.717, 1.165) is 77.8 Å². The molecular formula is C70H51NO3. The predicted molar refractivity (Wildman–Crippen MR) is 306 cm³/mol. The Morgan fingerprint density at radius 1 is 0.324 bits per heavy atom. The van der Waals surface area contributed by atoms with E-state index in [-0.39, 0.29) is 16.2 Å². The standard InChI is InChI=1S/C70H51NO3/c1-38-20-22-39(23-21-38)49-35-57-63(66-48-16-10-13-19-60(48)74-67(49)66)46-29-26-41(33-54(46)70(57,6)7)71(42-25-28-45-44-14-8-11-17-58(44)73-62(45)34-42)40-24-27-43-50-36-56-51(37-55(50)69(4,5)53(43)32-40)64-52(68(56,2)3)30-31-61-65(64)47-15-9-12-18-59(47)72-61/h8-37H,1-7H3. The molecule has 0 amide bonds. The van der Waals surface area contributed by atoms with Crippen LogP contribution in [0.5, 0.6) is 0 Å². The first kappa shape index (κ1) is 42.0. The van der Waals surface area contributed by atoms with Crippen molar-refractivity contribution in [3.63, 3.8) is 0 Å². The molecule has 0 fully saturated rings. The van der Waals surface area contributed by atoms with Crippen LogP contribution in [0.3, 0.4) is 0 Å². The molecule has 3 aliphatic rings. The van der Waals surface area contributed by atoms with Crippen molar-refractivity contribution in [2.75, 3.05) is 4.90 Å². The Balaban J connectivity index is 0.885.